The Morgan fingerprint density at radius 3 is 2.43 bits per heavy atom. The Hall–Kier alpha value is -1.10. The summed E-state index contributed by atoms with van der Waals surface area (Å²) in [4.78, 5) is 7.22. The highest BCUT2D eigenvalue weighted by Gasteiger charge is 2.17. The molecule has 0 radical (unpaired) electrons. The highest BCUT2D eigenvalue weighted by Crippen LogP contribution is 2.15. The molecule has 1 N–H and O–H groups in total. The number of aliphatic hydroxyl groups excluding tert-OH is 1. The van der Waals surface area contributed by atoms with Crippen molar-refractivity contribution >= 4 is 5.69 Å². The van der Waals surface area contributed by atoms with Crippen LogP contribution in [0.1, 0.15) is 13.3 Å². The second-order valence-electron chi connectivity index (χ2n) is 5.99. The number of para-hydroxylation sites is 1. The van der Waals surface area contributed by atoms with Crippen LogP contribution in [0, 0.1) is 0 Å². The average molecular weight is 291 g/mol. The maximum absolute atomic E-state index is 9.66. The Morgan fingerprint density at radius 1 is 1.14 bits per heavy atom. The zero-order chi connectivity index (χ0) is 15.1. The summed E-state index contributed by atoms with van der Waals surface area (Å²) in [5.74, 6) is 0. The van der Waals surface area contributed by atoms with Crippen LogP contribution in [0.3, 0.4) is 0 Å². The number of benzene rings is 1. The van der Waals surface area contributed by atoms with Crippen LogP contribution in [-0.4, -0.2) is 73.9 Å². The first-order chi connectivity index (χ1) is 10.2. The van der Waals surface area contributed by atoms with Crippen LogP contribution in [0.25, 0.3) is 0 Å². The lowest BCUT2D eigenvalue weighted by Gasteiger charge is -2.36. The van der Waals surface area contributed by atoms with Gasteiger partial charge in [-0.1, -0.05) is 25.1 Å². The molecule has 1 aromatic carbocycles. The fourth-order valence-electron chi connectivity index (χ4n) is 2.76. The van der Waals surface area contributed by atoms with E-state index in [2.05, 4.69) is 52.1 Å². The van der Waals surface area contributed by atoms with Gasteiger partial charge in [-0.15, -0.1) is 0 Å². The van der Waals surface area contributed by atoms with Crippen LogP contribution < -0.4 is 4.90 Å². The van der Waals surface area contributed by atoms with Crippen LogP contribution in [0.2, 0.25) is 0 Å². The molecule has 1 heterocycles. The maximum Gasteiger partial charge on any atom is 0.0664 e. The number of hydrogen-bond donors (Lipinski definition) is 1. The summed E-state index contributed by atoms with van der Waals surface area (Å²) < 4.78 is 0. The number of likely N-dealkylation sites (N-methyl/N-ethyl adjacent to an activating group) is 1. The molecule has 0 aromatic heterocycles. The molecule has 1 aliphatic heterocycles. The smallest absolute Gasteiger partial charge is 0.0664 e. The molecule has 0 saturated carbocycles. The zero-order valence-electron chi connectivity index (χ0n) is 13.4. The SMILES string of the molecule is CC[C@@H](O)CN(C)CCN1CCN(c2ccccc2)CC1. The Balaban J connectivity index is 1.67. The quantitative estimate of drug-likeness (QED) is 0.825. The second-order valence-corrected chi connectivity index (χ2v) is 5.99. The molecule has 4 nitrogen and oxygen atoms in total. The predicted octanol–water partition coefficient (Wildman–Crippen LogP) is 1.51. The molecule has 0 unspecified atom stereocenters. The minimum Gasteiger partial charge on any atom is -0.392 e. The van der Waals surface area contributed by atoms with Gasteiger partial charge in [-0.3, -0.25) is 4.90 Å². The van der Waals surface area contributed by atoms with Crippen molar-refractivity contribution in [2.45, 2.75) is 19.4 Å². The fraction of sp³-hybridized carbons (Fsp3) is 0.647. The van der Waals surface area contributed by atoms with Gasteiger partial charge in [0.2, 0.25) is 0 Å². The highest BCUT2D eigenvalue weighted by molar-refractivity contribution is 5.46. The van der Waals surface area contributed by atoms with Gasteiger partial charge in [-0.05, 0) is 25.6 Å². The molecule has 1 aliphatic rings. The van der Waals surface area contributed by atoms with Crippen molar-refractivity contribution in [3.05, 3.63) is 30.3 Å². The zero-order valence-corrected chi connectivity index (χ0v) is 13.4. The van der Waals surface area contributed by atoms with E-state index in [1.165, 1.54) is 5.69 Å². The first-order valence-corrected chi connectivity index (χ1v) is 8.08. The number of hydrogen-bond acceptors (Lipinski definition) is 4. The van der Waals surface area contributed by atoms with E-state index < -0.39 is 0 Å². The Kier molecular flexibility index (Phi) is 6.49. The largest absolute Gasteiger partial charge is 0.392 e. The maximum atomic E-state index is 9.66. The number of anilines is 1. The molecule has 0 bridgehead atoms. The van der Waals surface area contributed by atoms with Crippen LogP contribution in [0.4, 0.5) is 5.69 Å². The molecule has 0 aliphatic carbocycles. The van der Waals surface area contributed by atoms with E-state index in [9.17, 15) is 5.11 Å². The van der Waals surface area contributed by atoms with Crippen molar-refractivity contribution in [1.82, 2.24) is 9.80 Å². The average Bonchev–Trinajstić information content (AvgIpc) is 2.54. The number of rotatable bonds is 7. The summed E-state index contributed by atoms with van der Waals surface area (Å²) in [5, 5.41) is 9.66. The van der Waals surface area contributed by atoms with Crippen molar-refractivity contribution in [3.8, 4) is 0 Å². The Morgan fingerprint density at radius 2 is 1.81 bits per heavy atom. The third kappa shape index (κ3) is 5.30. The minimum atomic E-state index is -0.190. The van der Waals surface area contributed by atoms with E-state index in [0.717, 1.165) is 52.2 Å². The number of nitrogens with zero attached hydrogens (tertiary/aromatic N) is 3. The minimum absolute atomic E-state index is 0.190. The van der Waals surface area contributed by atoms with Crippen molar-refractivity contribution in [3.63, 3.8) is 0 Å². The van der Waals surface area contributed by atoms with E-state index in [1.54, 1.807) is 0 Å². The van der Waals surface area contributed by atoms with Gasteiger partial charge in [0.1, 0.15) is 0 Å². The summed E-state index contributed by atoms with van der Waals surface area (Å²) in [7, 11) is 2.10. The van der Waals surface area contributed by atoms with Gasteiger partial charge in [0, 0.05) is 51.5 Å². The van der Waals surface area contributed by atoms with Crippen LogP contribution in [0.15, 0.2) is 30.3 Å². The van der Waals surface area contributed by atoms with E-state index >= 15 is 0 Å². The van der Waals surface area contributed by atoms with Crippen LogP contribution >= 0.6 is 0 Å². The van der Waals surface area contributed by atoms with Gasteiger partial charge in [0.15, 0.2) is 0 Å². The number of aliphatic hydroxyl groups is 1. The Labute approximate surface area is 129 Å². The lowest BCUT2D eigenvalue weighted by molar-refractivity contribution is 0.114. The van der Waals surface area contributed by atoms with Crippen molar-refractivity contribution in [2.24, 2.45) is 0 Å². The standard InChI is InChI=1S/C17H29N3O/c1-3-17(21)15-18(2)9-10-19-11-13-20(14-12-19)16-7-5-4-6-8-16/h4-8,17,21H,3,9-15H2,1-2H3/t17-/m1/s1. The van der Waals surface area contributed by atoms with Gasteiger partial charge in [-0.25, -0.2) is 0 Å². The second kappa shape index (κ2) is 8.37. The monoisotopic (exact) mass is 291 g/mol. The summed E-state index contributed by atoms with van der Waals surface area (Å²) in [6.45, 7) is 9.38. The molecule has 1 aromatic rings. The van der Waals surface area contributed by atoms with E-state index in [0.29, 0.717) is 0 Å². The van der Waals surface area contributed by atoms with Crippen molar-refractivity contribution in [1.29, 1.82) is 0 Å². The molecule has 1 atom stereocenters. The summed E-state index contributed by atoms with van der Waals surface area (Å²) >= 11 is 0. The molecule has 2 rings (SSSR count). The predicted molar refractivity (Wildman–Crippen MR) is 88.9 cm³/mol. The third-order valence-electron chi connectivity index (χ3n) is 4.29. The summed E-state index contributed by atoms with van der Waals surface area (Å²) in [5.41, 5.74) is 1.33. The van der Waals surface area contributed by atoms with Gasteiger partial charge >= 0.3 is 0 Å². The van der Waals surface area contributed by atoms with Gasteiger partial charge < -0.3 is 14.9 Å². The fourth-order valence-corrected chi connectivity index (χ4v) is 2.76. The van der Waals surface area contributed by atoms with E-state index in [1.807, 2.05) is 6.92 Å². The highest BCUT2D eigenvalue weighted by atomic mass is 16.3. The Bertz CT molecular complexity index is 390. The third-order valence-corrected chi connectivity index (χ3v) is 4.29. The summed E-state index contributed by atoms with van der Waals surface area (Å²) in [6.07, 6.45) is 0.644. The van der Waals surface area contributed by atoms with Gasteiger partial charge in [0.25, 0.3) is 0 Å². The van der Waals surface area contributed by atoms with Crippen LogP contribution in [-0.2, 0) is 0 Å². The lowest BCUT2D eigenvalue weighted by atomic mass is 10.2. The topological polar surface area (TPSA) is 30.0 Å². The molecule has 21 heavy (non-hydrogen) atoms. The van der Waals surface area contributed by atoms with Crippen LogP contribution in [0.5, 0.6) is 0 Å². The molecule has 118 valence electrons. The first-order valence-electron chi connectivity index (χ1n) is 8.08. The first kappa shape index (κ1) is 16.3. The molecular formula is C17H29N3O. The van der Waals surface area contributed by atoms with E-state index in [-0.39, 0.29) is 6.10 Å². The summed E-state index contributed by atoms with van der Waals surface area (Å²) in [6, 6.07) is 10.7. The van der Waals surface area contributed by atoms with Crippen molar-refractivity contribution < 1.29 is 5.11 Å². The number of piperazine rings is 1. The molecule has 1 fully saturated rings. The van der Waals surface area contributed by atoms with Crippen molar-refractivity contribution in [2.75, 3.05) is 57.8 Å². The molecule has 1 saturated heterocycles. The van der Waals surface area contributed by atoms with E-state index in [4.69, 9.17) is 0 Å². The van der Waals surface area contributed by atoms with Gasteiger partial charge in [0.05, 0.1) is 6.10 Å². The molecule has 0 amide bonds. The normalized spacial score (nSPS) is 18.2. The molecule has 0 spiro atoms. The molecular weight excluding hydrogens is 262 g/mol. The lowest BCUT2D eigenvalue weighted by Crippen LogP contribution is -2.48. The van der Waals surface area contributed by atoms with Gasteiger partial charge in [-0.2, -0.15) is 0 Å². The molecule has 4 heteroatoms.